The van der Waals surface area contributed by atoms with Crippen molar-refractivity contribution in [1.82, 2.24) is 4.90 Å². The van der Waals surface area contributed by atoms with E-state index < -0.39 is 17.1 Å². The summed E-state index contributed by atoms with van der Waals surface area (Å²) in [6, 6.07) is 4.27. The number of benzene rings is 1. The van der Waals surface area contributed by atoms with E-state index in [4.69, 9.17) is 14.2 Å². The number of nitrogens with zero attached hydrogens (tertiary/aromatic N) is 1. The standard InChI is InChI=1S/C19H21NO4/c1-20-9-8-18-15-11-4-5-13(22-2)16(15)24-17(18)12(21)6-7-19(18,23-3)14(20)10-11/h4-7,14,17H,8-10H2,1-3H3/t14-,17?,18+,19-/m1/s1. The van der Waals surface area contributed by atoms with E-state index in [1.807, 2.05) is 12.1 Å². The molecule has 4 aliphatic rings. The van der Waals surface area contributed by atoms with E-state index in [1.165, 1.54) is 5.56 Å². The number of likely N-dealkylation sites (N-methyl/N-ethyl adjacent to an activating group) is 1. The number of rotatable bonds is 2. The van der Waals surface area contributed by atoms with Gasteiger partial charge in [0.05, 0.1) is 12.5 Å². The topological polar surface area (TPSA) is 48.0 Å². The van der Waals surface area contributed by atoms with Gasteiger partial charge in [-0.2, -0.15) is 0 Å². The fourth-order valence-electron chi connectivity index (χ4n) is 5.63. The molecule has 2 heterocycles. The van der Waals surface area contributed by atoms with Gasteiger partial charge in [-0.05, 0) is 50.2 Å². The van der Waals surface area contributed by atoms with E-state index >= 15 is 0 Å². The molecule has 126 valence electrons. The molecule has 5 nitrogen and oxygen atoms in total. The first-order valence-corrected chi connectivity index (χ1v) is 8.44. The van der Waals surface area contributed by atoms with Crippen LogP contribution in [0.5, 0.6) is 11.5 Å². The lowest BCUT2D eigenvalue weighted by atomic mass is 9.50. The number of ether oxygens (including phenoxy) is 3. The van der Waals surface area contributed by atoms with Crippen molar-refractivity contribution in [1.29, 1.82) is 0 Å². The van der Waals surface area contributed by atoms with Gasteiger partial charge in [-0.3, -0.25) is 9.69 Å². The molecule has 5 rings (SSSR count). The van der Waals surface area contributed by atoms with Crippen LogP contribution in [0.2, 0.25) is 0 Å². The highest BCUT2D eigenvalue weighted by Crippen LogP contribution is 2.64. The predicted octanol–water partition coefficient (Wildman–Crippen LogP) is 1.48. The molecule has 2 aliphatic heterocycles. The highest BCUT2D eigenvalue weighted by atomic mass is 16.5. The van der Waals surface area contributed by atoms with E-state index in [9.17, 15) is 4.79 Å². The summed E-state index contributed by atoms with van der Waals surface area (Å²) in [7, 11) is 5.54. The highest BCUT2D eigenvalue weighted by Gasteiger charge is 2.72. The average Bonchev–Trinajstić information content (AvgIpc) is 2.95. The molecule has 1 aromatic carbocycles. The largest absolute Gasteiger partial charge is 0.493 e. The van der Waals surface area contributed by atoms with Crippen LogP contribution in [0.15, 0.2) is 24.3 Å². The van der Waals surface area contributed by atoms with Crippen LogP contribution in [-0.2, 0) is 21.4 Å². The number of likely N-dealkylation sites (tertiary alicyclic amines) is 1. The molecule has 2 bridgehead atoms. The van der Waals surface area contributed by atoms with Crippen molar-refractivity contribution >= 4 is 5.78 Å². The molecular weight excluding hydrogens is 306 g/mol. The molecule has 0 amide bonds. The van der Waals surface area contributed by atoms with Crippen molar-refractivity contribution in [3.63, 3.8) is 0 Å². The third-order valence-corrected chi connectivity index (χ3v) is 6.65. The van der Waals surface area contributed by atoms with Crippen molar-refractivity contribution in [3.05, 3.63) is 35.4 Å². The van der Waals surface area contributed by atoms with Crippen LogP contribution < -0.4 is 9.47 Å². The van der Waals surface area contributed by atoms with Crippen molar-refractivity contribution in [2.75, 3.05) is 27.8 Å². The van der Waals surface area contributed by atoms with E-state index in [0.717, 1.165) is 30.7 Å². The van der Waals surface area contributed by atoms with Crippen molar-refractivity contribution in [3.8, 4) is 11.5 Å². The van der Waals surface area contributed by atoms with Crippen LogP contribution in [0.1, 0.15) is 17.5 Å². The second kappa shape index (κ2) is 4.41. The van der Waals surface area contributed by atoms with Crippen LogP contribution in [0.4, 0.5) is 0 Å². The number of carbonyl (C=O) groups excluding carboxylic acids is 1. The molecule has 1 spiro atoms. The first kappa shape index (κ1) is 14.5. The van der Waals surface area contributed by atoms with Crippen LogP contribution in [0, 0.1) is 0 Å². The second-order valence-corrected chi connectivity index (χ2v) is 7.28. The van der Waals surface area contributed by atoms with E-state index in [-0.39, 0.29) is 11.8 Å². The van der Waals surface area contributed by atoms with Gasteiger partial charge >= 0.3 is 0 Å². The number of methoxy groups -OCH3 is 2. The third kappa shape index (κ3) is 1.31. The number of carbonyl (C=O) groups is 1. The maximum absolute atomic E-state index is 12.7. The van der Waals surface area contributed by atoms with Gasteiger partial charge in [0.1, 0.15) is 5.60 Å². The average molecular weight is 327 g/mol. The second-order valence-electron chi connectivity index (χ2n) is 7.28. The SMILES string of the molecule is COc1ccc2c3c1OC1C(=O)C=C[C@@]4(OC)[C@@H](C2)N(C)CC[C@]314. The van der Waals surface area contributed by atoms with E-state index in [0.29, 0.717) is 5.75 Å². The van der Waals surface area contributed by atoms with Gasteiger partial charge in [0.15, 0.2) is 23.4 Å². The summed E-state index contributed by atoms with van der Waals surface area (Å²) in [6.45, 7) is 0.923. The molecule has 2 aliphatic carbocycles. The first-order valence-electron chi connectivity index (χ1n) is 8.44. The molecule has 4 atom stereocenters. The van der Waals surface area contributed by atoms with Gasteiger partial charge in [0.25, 0.3) is 0 Å². The Hall–Kier alpha value is -1.85. The Morgan fingerprint density at radius 3 is 2.92 bits per heavy atom. The lowest BCUT2D eigenvalue weighted by Gasteiger charge is -2.61. The Labute approximate surface area is 141 Å². The van der Waals surface area contributed by atoms with Gasteiger partial charge < -0.3 is 14.2 Å². The molecule has 0 saturated carbocycles. The smallest absolute Gasteiger partial charge is 0.196 e. The highest BCUT2D eigenvalue weighted by molar-refractivity contribution is 5.99. The van der Waals surface area contributed by atoms with Gasteiger partial charge in [-0.15, -0.1) is 0 Å². The summed E-state index contributed by atoms with van der Waals surface area (Å²) in [5.74, 6) is 1.46. The Kier molecular flexibility index (Phi) is 2.66. The lowest BCUT2D eigenvalue weighted by Crippen LogP contribution is -2.75. The molecular formula is C19H21NO4. The molecule has 5 heteroatoms. The van der Waals surface area contributed by atoms with Gasteiger partial charge in [-0.1, -0.05) is 6.07 Å². The monoisotopic (exact) mass is 327 g/mol. The molecule has 0 radical (unpaired) electrons. The summed E-state index contributed by atoms with van der Waals surface area (Å²) < 4.78 is 18.0. The van der Waals surface area contributed by atoms with Gasteiger partial charge in [0.2, 0.25) is 0 Å². The van der Waals surface area contributed by atoms with Crippen LogP contribution in [0.25, 0.3) is 0 Å². The van der Waals surface area contributed by atoms with Crippen molar-refractivity contribution in [2.24, 2.45) is 0 Å². The van der Waals surface area contributed by atoms with Crippen LogP contribution in [0.3, 0.4) is 0 Å². The summed E-state index contributed by atoms with van der Waals surface area (Å²) >= 11 is 0. The summed E-state index contributed by atoms with van der Waals surface area (Å²) in [5.41, 5.74) is 1.39. The molecule has 0 N–H and O–H groups in total. The maximum Gasteiger partial charge on any atom is 0.196 e. The molecule has 0 aromatic heterocycles. The first-order chi connectivity index (χ1) is 11.6. The third-order valence-electron chi connectivity index (χ3n) is 6.65. The predicted molar refractivity (Wildman–Crippen MR) is 87.7 cm³/mol. The zero-order valence-electron chi connectivity index (χ0n) is 14.2. The van der Waals surface area contributed by atoms with Gasteiger partial charge in [-0.25, -0.2) is 0 Å². The summed E-state index contributed by atoms with van der Waals surface area (Å²) in [6.07, 6.45) is 4.84. The Balaban J connectivity index is 1.89. The zero-order chi connectivity index (χ0) is 16.7. The van der Waals surface area contributed by atoms with Crippen molar-refractivity contribution < 1.29 is 19.0 Å². The maximum atomic E-state index is 12.7. The Morgan fingerprint density at radius 1 is 1.33 bits per heavy atom. The normalized spacial score (nSPS) is 38.7. The molecule has 1 unspecified atom stereocenters. The molecule has 24 heavy (non-hydrogen) atoms. The van der Waals surface area contributed by atoms with Crippen molar-refractivity contribution in [2.45, 2.75) is 36.0 Å². The summed E-state index contributed by atoms with van der Waals surface area (Å²) in [4.78, 5) is 15.1. The number of hydrogen-bond acceptors (Lipinski definition) is 5. The Morgan fingerprint density at radius 2 is 2.17 bits per heavy atom. The van der Waals surface area contributed by atoms with E-state index in [2.05, 4.69) is 18.0 Å². The Bertz CT molecular complexity index is 788. The van der Waals surface area contributed by atoms with Crippen LogP contribution >= 0.6 is 0 Å². The number of ketones is 1. The fourth-order valence-corrected chi connectivity index (χ4v) is 5.63. The molecule has 1 fully saturated rings. The minimum absolute atomic E-state index is 0.0251. The fraction of sp³-hybridized carbons (Fsp3) is 0.526. The van der Waals surface area contributed by atoms with Gasteiger partial charge in [0, 0.05) is 18.7 Å². The molecule has 1 saturated heterocycles. The van der Waals surface area contributed by atoms with Crippen LogP contribution in [-0.4, -0.2) is 56.2 Å². The molecule has 1 aromatic rings. The zero-order valence-corrected chi connectivity index (χ0v) is 14.2. The van der Waals surface area contributed by atoms with E-state index in [1.54, 1.807) is 20.3 Å². The quantitative estimate of drug-likeness (QED) is 0.823. The minimum atomic E-state index is -0.539. The number of piperidine rings is 1. The number of hydrogen-bond donors (Lipinski definition) is 0. The lowest BCUT2D eigenvalue weighted by molar-refractivity contribution is -0.162. The minimum Gasteiger partial charge on any atom is -0.493 e. The summed E-state index contributed by atoms with van der Waals surface area (Å²) in [5, 5.41) is 0.